The van der Waals surface area contributed by atoms with Crippen molar-refractivity contribution < 1.29 is 32.2 Å². The molecular formula is C17H22F3NO4. The molecule has 0 aromatic heterocycles. The molecule has 0 aliphatic heterocycles. The Labute approximate surface area is 144 Å². The molecule has 0 unspecified atom stereocenters. The van der Waals surface area contributed by atoms with Crippen LogP contribution in [0.25, 0.3) is 0 Å². The number of methoxy groups -OCH3 is 1. The monoisotopic (exact) mass is 361 g/mol. The van der Waals surface area contributed by atoms with E-state index in [0.29, 0.717) is 26.2 Å². The van der Waals surface area contributed by atoms with Gasteiger partial charge in [0.15, 0.2) is 0 Å². The Kier molecular flexibility index (Phi) is 8.40. The van der Waals surface area contributed by atoms with Crippen LogP contribution in [0.5, 0.6) is 0 Å². The number of amides is 1. The highest BCUT2D eigenvalue weighted by Crippen LogP contribution is 2.29. The summed E-state index contributed by atoms with van der Waals surface area (Å²) < 4.78 is 47.6. The minimum absolute atomic E-state index is 0.0114. The number of alkyl halides is 3. The molecule has 0 N–H and O–H groups in total. The Hall–Kier alpha value is -2.09. The number of ether oxygens (including phenoxy) is 2. The summed E-state index contributed by atoms with van der Waals surface area (Å²) in [6.45, 7) is 3.30. The van der Waals surface area contributed by atoms with Gasteiger partial charge in [0, 0.05) is 31.9 Å². The van der Waals surface area contributed by atoms with Crippen molar-refractivity contribution in [3.63, 3.8) is 0 Å². The number of halogens is 3. The molecule has 0 saturated carbocycles. The van der Waals surface area contributed by atoms with Crippen molar-refractivity contribution in [2.45, 2.75) is 25.9 Å². The van der Waals surface area contributed by atoms with E-state index in [0.717, 1.165) is 24.3 Å². The van der Waals surface area contributed by atoms with Crippen LogP contribution in [0, 0.1) is 0 Å². The molecule has 0 atom stereocenters. The summed E-state index contributed by atoms with van der Waals surface area (Å²) in [6.07, 6.45) is -3.89. The van der Waals surface area contributed by atoms with Crippen LogP contribution >= 0.6 is 0 Å². The van der Waals surface area contributed by atoms with Gasteiger partial charge in [-0.05, 0) is 37.6 Å². The largest absolute Gasteiger partial charge is 0.469 e. The summed E-state index contributed by atoms with van der Waals surface area (Å²) in [5, 5.41) is 0. The summed E-state index contributed by atoms with van der Waals surface area (Å²) in [6, 6.07) is 4.01. The number of carbonyl (C=O) groups excluding carboxylic acids is 2. The highest BCUT2D eigenvalue weighted by atomic mass is 19.4. The van der Waals surface area contributed by atoms with Crippen LogP contribution in [0.2, 0.25) is 0 Å². The molecule has 140 valence electrons. The number of carbonyl (C=O) groups is 2. The van der Waals surface area contributed by atoms with Crippen molar-refractivity contribution in [2.75, 3.05) is 33.4 Å². The van der Waals surface area contributed by atoms with Gasteiger partial charge in [-0.25, -0.2) is 0 Å². The van der Waals surface area contributed by atoms with Crippen LogP contribution in [0.15, 0.2) is 24.3 Å². The minimum Gasteiger partial charge on any atom is -0.469 e. The fourth-order valence-electron chi connectivity index (χ4n) is 2.13. The van der Waals surface area contributed by atoms with Crippen molar-refractivity contribution in [1.82, 2.24) is 4.90 Å². The number of benzene rings is 1. The van der Waals surface area contributed by atoms with Gasteiger partial charge in [0.05, 0.1) is 19.1 Å². The lowest BCUT2D eigenvalue weighted by molar-refractivity contribution is -0.141. The Bertz CT molecular complexity index is 558. The SMILES string of the molecule is CCOCCCN(CCC(=O)OC)C(=O)c1ccc(C(F)(F)F)cc1. The summed E-state index contributed by atoms with van der Waals surface area (Å²) in [4.78, 5) is 25.2. The fraction of sp³-hybridized carbons (Fsp3) is 0.529. The normalized spacial score (nSPS) is 11.2. The van der Waals surface area contributed by atoms with Crippen LogP contribution in [0.3, 0.4) is 0 Å². The smallest absolute Gasteiger partial charge is 0.416 e. The first kappa shape index (κ1) is 21.0. The van der Waals surface area contributed by atoms with Crippen LogP contribution in [0.1, 0.15) is 35.7 Å². The second-order valence-electron chi connectivity index (χ2n) is 5.24. The van der Waals surface area contributed by atoms with Gasteiger partial charge in [0.2, 0.25) is 0 Å². The van der Waals surface area contributed by atoms with Crippen molar-refractivity contribution in [3.8, 4) is 0 Å². The zero-order valence-corrected chi connectivity index (χ0v) is 14.3. The highest BCUT2D eigenvalue weighted by Gasteiger charge is 2.30. The summed E-state index contributed by atoms with van der Waals surface area (Å²) >= 11 is 0. The molecule has 1 rings (SSSR count). The number of hydrogen-bond acceptors (Lipinski definition) is 4. The van der Waals surface area contributed by atoms with Gasteiger partial charge >= 0.3 is 12.1 Å². The molecule has 0 spiro atoms. The lowest BCUT2D eigenvalue weighted by Crippen LogP contribution is -2.34. The van der Waals surface area contributed by atoms with Crippen LogP contribution in [-0.2, 0) is 20.4 Å². The molecule has 8 heteroatoms. The molecule has 0 heterocycles. The van der Waals surface area contributed by atoms with Gasteiger partial charge in [0.1, 0.15) is 0 Å². The van der Waals surface area contributed by atoms with E-state index >= 15 is 0 Å². The topological polar surface area (TPSA) is 55.8 Å². The molecule has 0 radical (unpaired) electrons. The molecule has 0 aliphatic carbocycles. The van der Waals surface area contributed by atoms with E-state index in [1.54, 1.807) is 0 Å². The van der Waals surface area contributed by atoms with E-state index in [-0.39, 0.29) is 18.5 Å². The average molecular weight is 361 g/mol. The first-order chi connectivity index (χ1) is 11.8. The molecule has 0 saturated heterocycles. The van der Waals surface area contributed by atoms with Crippen LogP contribution < -0.4 is 0 Å². The average Bonchev–Trinajstić information content (AvgIpc) is 2.59. The van der Waals surface area contributed by atoms with Gasteiger partial charge in [-0.15, -0.1) is 0 Å². The molecule has 25 heavy (non-hydrogen) atoms. The summed E-state index contributed by atoms with van der Waals surface area (Å²) in [7, 11) is 1.25. The van der Waals surface area contributed by atoms with Crippen molar-refractivity contribution in [3.05, 3.63) is 35.4 Å². The third-order valence-corrected chi connectivity index (χ3v) is 3.48. The zero-order chi connectivity index (χ0) is 18.9. The fourth-order valence-corrected chi connectivity index (χ4v) is 2.13. The summed E-state index contributed by atoms with van der Waals surface area (Å²) in [5.41, 5.74) is -0.684. The maximum atomic E-state index is 12.6. The molecule has 0 bridgehead atoms. The molecule has 1 aromatic carbocycles. The van der Waals surface area contributed by atoms with Gasteiger partial charge in [-0.1, -0.05) is 0 Å². The number of rotatable bonds is 9. The molecule has 0 fully saturated rings. The lowest BCUT2D eigenvalue weighted by atomic mass is 10.1. The van der Waals surface area contributed by atoms with E-state index in [1.165, 1.54) is 12.0 Å². The molecule has 1 amide bonds. The second kappa shape index (κ2) is 10.0. The highest BCUT2D eigenvalue weighted by molar-refractivity contribution is 5.94. The van der Waals surface area contributed by atoms with E-state index in [4.69, 9.17) is 4.74 Å². The standard InChI is InChI=1S/C17H22F3NO4/c1-3-25-12-4-10-21(11-9-15(22)24-2)16(23)13-5-7-14(8-6-13)17(18,19)20/h5-8H,3-4,9-12H2,1-2H3. The van der Waals surface area contributed by atoms with Gasteiger partial charge < -0.3 is 14.4 Å². The third-order valence-electron chi connectivity index (χ3n) is 3.48. The van der Waals surface area contributed by atoms with E-state index < -0.39 is 23.6 Å². The quantitative estimate of drug-likeness (QED) is 0.501. The Balaban J connectivity index is 2.80. The van der Waals surface area contributed by atoms with E-state index in [9.17, 15) is 22.8 Å². The first-order valence-corrected chi connectivity index (χ1v) is 7.90. The Morgan fingerprint density at radius 1 is 1.12 bits per heavy atom. The zero-order valence-electron chi connectivity index (χ0n) is 14.3. The van der Waals surface area contributed by atoms with Crippen molar-refractivity contribution in [1.29, 1.82) is 0 Å². The first-order valence-electron chi connectivity index (χ1n) is 7.90. The predicted octanol–water partition coefficient (Wildman–Crippen LogP) is 3.14. The number of nitrogens with zero attached hydrogens (tertiary/aromatic N) is 1. The predicted molar refractivity (Wildman–Crippen MR) is 85.1 cm³/mol. The Morgan fingerprint density at radius 3 is 2.28 bits per heavy atom. The third kappa shape index (κ3) is 7.13. The lowest BCUT2D eigenvalue weighted by Gasteiger charge is -2.22. The van der Waals surface area contributed by atoms with Gasteiger partial charge in [-0.3, -0.25) is 9.59 Å². The van der Waals surface area contributed by atoms with Crippen molar-refractivity contribution in [2.24, 2.45) is 0 Å². The second-order valence-corrected chi connectivity index (χ2v) is 5.24. The van der Waals surface area contributed by atoms with Crippen molar-refractivity contribution >= 4 is 11.9 Å². The van der Waals surface area contributed by atoms with Gasteiger partial charge in [-0.2, -0.15) is 13.2 Å². The molecule has 0 aliphatic rings. The maximum Gasteiger partial charge on any atom is 0.416 e. The van der Waals surface area contributed by atoms with Crippen LogP contribution in [0.4, 0.5) is 13.2 Å². The molecule has 1 aromatic rings. The minimum atomic E-state index is -4.45. The molecule has 5 nitrogen and oxygen atoms in total. The maximum absolute atomic E-state index is 12.6. The van der Waals surface area contributed by atoms with Crippen LogP contribution in [-0.4, -0.2) is 50.2 Å². The van der Waals surface area contributed by atoms with Gasteiger partial charge in [0.25, 0.3) is 5.91 Å². The van der Waals surface area contributed by atoms with E-state index in [1.807, 2.05) is 6.92 Å². The number of hydrogen-bond donors (Lipinski definition) is 0. The molecular weight excluding hydrogens is 339 g/mol. The Morgan fingerprint density at radius 2 is 1.76 bits per heavy atom. The number of esters is 1. The van der Waals surface area contributed by atoms with E-state index in [2.05, 4.69) is 4.74 Å². The summed E-state index contributed by atoms with van der Waals surface area (Å²) in [5.74, 6) is -0.899.